The third kappa shape index (κ3) is 3.55. The lowest BCUT2D eigenvalue weighted by molar-refractivity contribution is -0.110. The van der Waals surface area contributed by atoms with Crippen LogP contribution in [0.4, 0.5) is 0 Å². The molecule has 1 aromatic rings. The Morgan fingerprint density at radius 3 is 2.33 bits per heavy atom. The Hall–Kier alpha value is -1.39. The first kappa shape index (κ1) is 14.7. The lowest BCUT2D eigenvalue weighted by Crippen LogP contribution is -2.36. The fourth-order valence-corrected chi connectivity index (χ4v) is 1.65. The lowest BCUT2D eigenvalue weighted by Gasteiger charge is -2.22. The molecule has 1 amide bonds. The van der Waals surface area contributed by atoms with Gasteiger partial charge in [0.2, 0.25) is 0 Å². The van der Waals surface area contributed by atoms with Crippen molar-refractivity contribution in [3.8, 4) is 0 Å². The van der Waals surface area contributed by atoms with Crippen molar-refractivity contribution in [3.63, 3.8) is 0 Å². The summed E-state index contributed by atoms with van der Waals surface area (Å²) in [6.45, 7) is 4.43. The highest BCUT2D eigenvalue weighted by Gasteiger charge is 2.16. The van der Waals surface area contributed by atoms with E-state index in [0.717, 1.165) is 5.56 Å². The lowest BCUT2D eigenvalue weighted by atomic mass is 10.1. The number of nitrogens with zero attached hydrogens (tertiary/aromatic N) is 1. The van der Waals surface area contributed by atoms with Crippen LogP contribution in [0.15, 0.2) is 18.2 Å². The molecule has 1 aromatic carbocycles. The Kier molecular flexibility index (Phi) is 5.31. The number of hydrogen-bond donors (Lipinski definition) is 0. The number of aryl methyl sites for hydroxylation is 2. The van der Waals surface area contributed by atoms with Gasteiger partial charge in [-0.25, -0.2) is 0 Å². The summed E-state index contributed by atoms with van der Waals surface area (Å²) in [5.41, 5.74) is 2.98. The van der Waals surface area contributed by atoms with Crippen molar-refractivity contribution in [1.82, 2.24) is 4.90 Å². The molecular weight excluding hydrogens is 230 g/mol. The molecular formula is C14H21NO3. The Balaban J connectivity index is 2.76. The van der Waals surface area contributed by atoms with Gasteiger partial charge in [-0.2, -0.15) is 0 Å². The highest BCUT2D eigenvalue weighted by atomic mass is 16.7. The first-order chi connectivity index (χ1) is 8.49. The molecule has 0 heterocycles. The standard InChI is InChI=1S/C14H21NO3/c1-10-6-7-12(8-11(10)2)14(16)15(3)9-13(17-4)18-5/h6-8,13H,9H2,1-5H3. The summed E-state index contributed by atoms with van der Waals surface area (Å²) in [7, 11) is 4.85. The van der Waals surface area contributed by atoms with Crippen molar-refractivity contribution in [1.29, 1.82) is 0 Å². The molecule has 100 valence electrons. The van der Waals surface area contributed by atoms with E-state index < -0.39 is 6.29 Å². The Morgan fingerprint density at radius 2 is 1.83 bits per heavy atom. The maximum atomic E-state index is 12.2. The number of rotatable bonds is 5. The van der Waals surface area contributed by atoms with Gasteiger partial charge in [0.05, 0.1) is 6.54 Å². The van der Waals surface area contributed by atoms with Crippen molar-refractivity contribution < 1.29 is 14.3 Å². The molecule has 0 bridgehead atoms. The molecule has 0 N–H and O–H groups in total. The summed E-state index contributed by atoms with van der Waals surface area (Å²) < 4.78 is 10.2. The molecule has 0 aliphatic heterocycles. The second-order valence-corrected chi connectivity index (χ2v) is 4.39. The largest absolute Gasteiger partial charge is 0.354 e. The maximum absolute atomic E-state index is 12.2. The van der Waals surface area contributed by atoms with Gasteiger partial charge in [0, 0.05) is 26.8 Å². The normalized spacial score (nSPS) is 10.8. The van der Waals surface area contributed by atoms with Crippen LogP contribution in [0.2, 0.25) is 0 Å². The third-order valence-corrected chi connectivity index (χ3v) is 3.05. The topological polar surface area (TPSA) is 38.8 Å². The number of carbonyl (C=O) groups excluding carboxylic acids is 1. The number of amides is 1. The molecule has 0 spiro atoms. The van der Waals surface area contributed by atoms with E-state index >= 15 is 0 Å². The van der Waals surface area contributed by atoms with Gasteiger partial charge >= 0.3 is 0 Å². The van der Waals surface area contributed by atoms with E-state index in [4.69, 9.17) is 9.47 Å². The average molecular weight is 251 g/mol. The Morgan fingerprint density at radius 1 is 1.22 bits per heavy atom. The van der Waals surface area contributed by atoms with Gasteiger partial charge in [-0.1, -0.05) is 6.07 Å². The van der Waals surface area contributed by atoms with Gasteiger partial charge in [-0.3, -0.25) is 4.79 Å². The van der Waals surface area contributed by atoms with Crippen molar-refractivity contribution in [2.24, 2.45) is 0 Å². The molecule has 0 unspecified atom stereocenters. The van der Waals surface area contributed by atoms with E-state index in [1.54, 1.807) is 26.2 Å². The van der Waals surface area contributed by atoms with Crippen LogP contribution in [0, 0.1) is 13.8 Å². The quantitative estimate of drug-likeness (QED) is 0.751. The van der Waals surface area contributed by atoms with E-state index in [9.17, 15) is 4.79 Å². The van der Waals surface area contributed by atoms with Gasteiger partial charge in [0.15, 0.2) is 6.29 Å². The molecule has 0 fully saturated rings. The van der Waals surface area contributed by atoms with Crippen molar-refractivity contribution in [2.45, 2.75) is 20.1 Å². The summed E-state index contributed by atoms with van der Waals surface area (Å²) in [5.74, 6) is -0.0304. The van der Waals surface area contributed by atoms with E-state index in [1.165, 1.54) is 5.56 Å². The average Bonchev–Trinajstić information content (AvgIpc) is 2.38. The van der Waals surface area contributed by atoms with Crippen LogP contribution in [-0.2, 0) is 9.47 Å². The maximum Gasteiger partial charge on any atom is 0.253 e. The van der Waals surface area contributed by atoms with Crippen LogP contribution in [-0.4, -0.2) is 44.9 Å². The van der Waals surface area contributed by atoms with Gasteiger partial charge < -0.3 is 14.4 Å². The molecule has 0 aliphatic rings. The Labute approximate surface area is 108 Å². The second kappa shape index (κ2) is 6.52. The molecule has 4 heteroatoms. The molecule has 0 saturated carbocycles. The zero-order valence-corrected chi connectivity index (χ0v) is 11.7. The predicted octanol–water partition coefficient (Wildman–Crippen LogP) is 1.99. The van der Waals surface area contributed by atoms with Crippen LogP contribution >= 0.6 is 0 Å². The van der Waals surface area contributed by atoms with E-state index in [0.29, 0.717) is 12.1 Å². The predicted molar refractivity (Wildman–Crippen MR) is 70.7 cm³/mol. The molecule has 0 aliphatic carbocycles. The molecule has 0 aromatic heterocycles. The summed E-state index contributed by atoms with van der Waals surface area (Å²) in [4.78, 5) is 13.8. The number of likely N-dealkylation sites (N-methyl/N-ethyl adjacent to an activating group) is 1. The Bertz CT molecular complexity index is 414. The number of ether oxygens (including phenoxy) is 2. The van der Waals surface area contributed by atoms with Crippen LogP contribution in [0.25, 0.3) is 0 Å². The van der Waals surface area contributed by atoms with Crippen molar-refractivity contribution in [2.75, 3.05) is 27.8 Å². The molecule has 4 nitrogen and oxygen atoms in total. The minimum atomic E-state index is -0.398. The summed E-state index contributed by atoms with van der Waals surface area (Å²) >= 11 is 0. The van der Waals surface area contributed by atoms with Gasteiger partial charge in [0.25, 0.3) is 5.91 Å². The zero-order valence-electron chi connectivity index (χ0n) is 11.7. The van der Waals surface area contributed by atoms with E-state index in [-0.39, 0.29) is 5.91 Å². The second-order valence-electron chi connectivity index (χ2n) is 4.39. The number of carbonyl (C=O) groups is 1. The summed E-state index contributed by atoms with van der Waals surface area (Å²) in [6, 6.07) is 5.71. The summed E-state index contributed by atoms with van der Waals surface area (Å²) in [5, 5.41) is 0. The first-order valence-electron chi connectivity index (χ1n) is 5.88. The fraction of sp³-hybridized carbons (Fsp3) is 0.500. The minimum absolute atomic E-state index is 0.0304. The molecule has 0 saturated heterocycles. The number of hydrogen-bond acceptors (Lipinski definition) is 3. The highest BCUT2D eigenvalue weighted by Crippen LogP contribution is 2.12. The van der Waals surface area contributed by atoms with E-state index in [2.05, 4.69) is 0 Å². The van der Waals surface area contributed by atoms with Crippen LogP contribution < -0.4 is 0 Å². The number of benzene rings is 1. The van der Waals surface area contributed by atoms with Crippen molar-refractivity contribution >= 4 is 5.91 Å². The van der Waals surface area contributed by atoms with Gasteiger partial charge in [-0.05, 0) is 37.1 Å². The van der Waals surface area contributed by atoms with Crippen molar-refractivity contribution in [3.05, 3.63) is 34.9 Å². The fourth-order valence-electron chi connectivity index (χ4n) is 1.65. The van der Waals surface area contributed by atoms with Crippen LogP contribution in [0.1, 0.15) is 21.5 Å². The zero-order chi connectivity index (χ0) is 13.7. The first-order valence-corrected chi connectivity index (χ1v) is 5.88. The highest BCUT2D eigenvalue weighted by molar-refractivity contribution is 5.94. The molecule has 18 heavy (non-hydrogen) atoms. The minimum Gasteiger partial charge on any atom is -0.354 e. The smallest absolute Gasteiger partial charge is 0.253 e. The molecule has 1 rings (SSSR count). The SMILES string of the molecule is COC(CN(C)C(=O)c1ccc(C)c(C)c1)OC. The monoisotopic (exact) mass is 251 g/mol. The van der Waals surface area contributed by atoms with Crippen LogP contribution in [0.5, 0.6) is 0 Å². The van der Waals surface area contributed by atoms with Gasteiger partial charge in [0.1, 0.15) is 0 Å². The molecule has 0 radical (unpaired) electrons. The third-order valence-electron chi connectivity index (χ3n) is 3.05. The van der Waals surface area contributed by atoms with Gasteiger partial charge in [-0.15, -0.1) is 0 Å². The van der Waals surface area contributed by atoms with E-state index in [1.807, 2.05) is 32.0 Å². The van der Waals surface area contributed by atoms with Crippen LogP contribution in [0.3, 0.4) is 0 Å². The molecule has 0 atom stereocenters. The summed E-state index contributed by atoms with van der Waals surface area (Å²) in [6.07, 6.45) is -0.398. The number of methoxy groups -OCH3 is 2.